The lowest BCUT2D eigenvalue weighted by Crippen LogP contribution is -2.16. The Kier molecular flexibility index (Phi) is 9.15. The molecule has 0 atom stereocenters. The predicted molar refractivity (Wildman–Crippen MR) is 327 cm³/mol. The van der Waals surface area contributed by atoms with Gasteiger partial charge in [0.2, 0.25) is 0 Å². The van der Waals surface area contributed by atoms with E-state index < -0.39 is 0 Å². The van der Waals surface area contributed by atoms with E-state index in [-0.39, 0.29) is 5.41 Å². The van der Waals surface area contributed by atoms with Crippen molar-refractivity contribution in [2.45, 2.75) is 19.3 Å². The first kappa shape index (κ1) is 44.0. The maximum absolute atomic E-state index is 6.65. The van der Waals surface area contributed by atoms with Crippen LogP contribution in [0.2, 0.25) is 0 Å². The van der Waals surface area contributed by atoms with E-state index >= 15 is 0 Å². The van der Waals surface area contributed by atoms with Crippen molar-refractivity contribution in [2.75, 3.05) is 0 Å². The molecule has 0 unspecified atom stereocenters. The average Bonchev–Trinajstić information content (AvgIpc) is 4.36. The van der Waals surface area contributed by atoms with Crippen LogP contribution in [0.4, 0.5) is 0 Å². The molecule has 0 radical (unpaired) electrons. The molecule has 0 saturated carbocycles. The van der Waals surface area contributed by atoms with Crippen molar-refractivity contribution in [3.05, 3.63) is 260 Å². The maximum atomic E-state index is 6.65. The third kappa shape index (κ3) is 6.43. The fourth-order valence-corrected chi connectivity index (χ4v) is 13.5. The molecule has 12 aromatic carbocycles. The second-order valence-electron chi connectivity index (χ2n) is 21.9. The highest BCUT2D eigenvalue weighted by Crippen LogP contribution is 2.54. The monoisotopic (exact) mass is 1010 g/mol. The number of benzene rings is 12. The lowest BCUT2D eigenvalue weighted by molar-refractivity contribution is 0.659. The van der Waals surface area contributed by atoms with Crippen LogP contribution in [-0.4, -0.2) is 4.57 Å². The number of aromatic nitrogens is 1. The fourth-order valence-electron chi connectivity index (χ4n) is 13.5. The van der Waals surface area contributed by atoms with Crippen LogP contribution in [0, 0.1) is 0 Å². The molecule has 0 N–H and O–H groups in total. The molecule has 0 bridgehead atoms. The minimum Gasteiger partial charge on any atom is -0.455 e. The number of fused-ring (bicyclic) bond motifs is 15. The summed E-state index contributed by atoms with van der Waals surface area (Å²) < 4.78 is 22.0. The Morgan fingerprint density at radius 3 is 1.15 bits per heavy atom. The van der Waals surface area contributed by atoms with Gasteiger partial charge < -0.3 is 17.8 Å². The predicted octanol–water partition coefficient (Wildman–Crippen LogP) is 21.1. The van der Waals surface area contributed by atoms with Crippen LogP contribution in [-0.2, 0) is 5.41 Å². The molecule has 370 valence electrons. The van der Waals surface area contributed by atoms with E-state index in [1.807, 2.05) is 30.3 Å². The maximum Gasteiger partial charge on any atom is 0.143 e. The normalized spacial score (nSPS) is 13.0. The lowest BCUT2D eigenvalue weighted by Gasteiger charge is -2.24. The third-order valence-corrected chi connectivity index (χ3v) is 17.2. The van der Waals surface area contributed by atoms with Crippen LogP contribution in [0.15, 0.2) is 262 Å². The van der Waals surface area contributed by atoms with E-state index in [0.717, 1.165) is 133 Å². The number of hydrogen-bond donors (Lipinski definition) is 0. The summed E-state index contributed by atoms with van der Waals surface area (Å²) in [6.45, 7) is 4.75. The lowest BCUT2D eigenvalue weighted by atomic mass is 9.78. The van der Waals surface area contributed by atoms with Crippen molar-refractivity contribution < 1.29 is 13.3 Å². The van der Waals surface area contributed by atoms with Crippen LogP contribution >= 0.6 is 0 Å². The van der Waals surface area contributed by atoms with E-state index in [1.165, 1.54) is 38.6 Å². The van der Waals surface area contributed by atoms with Gasteiger partial charge in [-0.3, -0.25) is 0 Å². The quantitative estimate of drug-likeness (QED) is 0.167. The van der Waals surface area contributed by atoms with Gasteiger partial charge in [0, 0.05) is 70.9 Å². The number of nitrogens with zero attached hydrogens (tertiary/aromatic N) is 1. The molecule has 0 saturated heterocycles. The molecule has 1 aliphatic rings. The summed E-state index contributed by atoms with van der Waals surface area (Å²) in [5, 5.41) is 9.21. The molecule has 0 amide bonds. The summed E-state index contributed by atoms with van der Waals surface area (Å²) >= 11 is 0. The largest absolute Gasteiger partial charge is 0.455 e. The number of furan rings is 3. The van der Waals surface area contributed by atoms with Crippen molar-refractivity contribution in [2.24, 2.45) is 0 Å². The highest BCUT2D eigenvalue weighted by atomic mass is 16.3. The van der Waals surface area contributed by atoms with Crippen molar-refractivity contribution in [1.29, 1.82) is 0 Å². The fraction of sp³-hybridized carbons (Fsp3) is 0.0400. The van der Waals surface area contributed by atoms with Crippen LogP contribution in [0.25, 0.3) is 160 Å². The van der Waals surface area contributed by atoms with E-state index in [2.05, 4.69) is 237 Å². The van der Waals surface area contributed by atoms with Crippen molar-refractivity contribution in [1.82, 2.24) is 4.57 Å². The smallest absolute Gasteiger partial charge is 0.143 e. The molecule has 16 aromatic rings. The Hall–Kier alpha value is -10.2. The Morgan fingerprint density at radius 2 is 0.658 bits per heavy atom. The van der Waals surface area contributed by atoms with Crippen LogP contribution in [0.1, 0.15) is 25.0 Å². The summed E-state index contributed by atoms with van der Waals surface area (Å²) in [7, 11) is 0. The molecule has 4 heterocycles. The topological polar surface area (TPSA) is 44.4 Å². The van der Waals surface area contributed by atoms with Crippen LogP contribution in [0.5, 0.6) is 0 Å². The van der Waals surface area contributed by atoms with Gasteiger partial charge in [-0.2, -0.15) is 0 Å². The number of hydrogen-bond acceptors (Lipinski definition) is 3. The van der Waals surface area contributed by atoms with Crippen LogP contribution < -0.4 is 0 Å². The molecule has 0 spiro atoms. The standard InChI is InChI=1S/C75H47NO3/c1-75(2)65-38-37-50(43-62(65)57-19-11-18-56(71(57)75)61-23-12-22-60-55-15-5-8-26-70(55)79-74(60)61)76-66-39-35-48(44-27-31-46(32-28-44)51-16-9-20-58-53-13-3-6-24-68(53)77-72(51)58)41-63(66)64-42-49(36-40-67(64)76)45-29-33-47(34-30-45)52-17-10-21-59-54-14-4-7-25-69(54)78-73(52)59/h3-43H,1-2H3. The molecule has 17 rings (SSSR count). The molecule has 1 aliphatic carbocycles. The first-order valence-corrected chi connectivity index (χ1v) is 27.2. The third-order valence-electron chi connectivity index (χ3n) is 17.2. The minimum atomic E-state index is -0.263. The first-order valence-electron chi connectivity index (χ1n) is 27.2. The van der Waals surface area contributed by atoms with Crippen molar-refractivity contribution >= 4 is 87.6 Å². The van der Waals surface area contributed by atoms with Gasteiger partial charge in [-0.1, -0.05) is 208 Å². The molecule has 4 nitrogen and oxygen atoms in total. The molecule has 0 aliphatic heterocycles. The highest BCUT2D eigenvalue weighted by molar-refractivity contribution is 6.14. The Balaban J connectivity index is 0.804. The van der Waals surface area contributed by atoms with Crippen molar-refractivity contribution in [3.63, 3.8) is 0 Å². The van der Waals surface area contributed by atoms with Gasteiger partial charge in [0.15, 0.2) is 0 Å². The van der Waals surface area contributed by atoms with Gasteiger partial charge in [-0.15, -0.1) is 0 Å². The van der Waals surface area contributed by atoms with Crippen LogP contribution in [0.3, 0.4) is 0 Å². The van der Waals surface area contributed by atoms with E-state index in [4.69, 9.17) is 13.3 Å². The summed E-state index contributed by atoms with van der Waals surface area (Å²) in [4.78, 5) is 0. The van der Waals surface area contributed by atoms with Gasteiger partial charge in [0.25, 0.3) is 0 Å². The molecule has 4 heteroatoms. The van der Waals surface area contributed by atoms with E-state index in [0.29, 0.717) is 0 Å². The Labute approximate surface area is 454 Å². The van der Waals surface area contributed by atoms with Crippen molar-refractivity contribution in [3.8, 4) is 72.4 Å². The highest BCUT2D eigenvalue weighted by Gasteiger charge is 2.38. The SMILES string of the molecule is CC1(C)c2ccc(-n3c4ccc(-c5ccc(-c6cccc7c6oc6ccccc67)cc5)cc4c4cc(-c5ccc(-c6cccc7c6oc6ccccc67)cc5)ccc43)cc2-c2cccc(-c3cccc4c3oc3ccccc34)c21. The molecule has 4 aromatic heterocycles. The zero-order valence-corrected chi connectivity index (χ0v) is 43.3. The Morgan fingerprint density at radius 1 is 0.278 bits per heavy atom. The van der Waals surface area contributed by atoms with Gasteiger partial charge in [-0.25, -0.2) is 0 Å². The molecular formula is C75H47NO3. The Bertz CT molecular complexity index is 5000. The zero-order valence-electron chi connectivity index (χ0n) is 43.3. The van der Waals surface area contributed by atoms with Gasteiger partial charge in [-0.05, 0) is 116 Å². The van der Waals surface area contributed by atoms with E-state index in [1.54, 1.807) is 0 Å². The van der Waals surface area contributed by atoms with E-state index in [9.17, 15) is 0 Å². The molecule has 0 fully saturated rings. The summed E-state index contributed by atoms with van der Waals surface area (Å²) in [5.41, 5.74) is 25.2. The molecular weight excluding hydrogens is 963 g/mol. The summed E-state index contributed by atoms with van der Waals surface area (Å²) in [6.07, 6.45) is 0. The minimum absolute atomic E-state index is 0.263. The second kappa shape index (κ2) is 16.4. The summed E-state index contributed by atoms with van der Waals surface area (Å²) in [6, 6.07) is 90.2. The van der Waals surface area contributed by atoms with Gasteiger partial charge in [0.1, 0.15) is 33.5 Å². The average molecular weight is 1010 g/mol. The molecule has 79 heavy (non-hydrogen) atoms. The van der Waals surface area contributed by atoms with Gasteiger partial charge in [0.05, 0.1) is 11.0 Å². The summed E-state index contributed by atoms with van der Waals surface area (Å²) in [5.74, 6) is 0. The first-order chi connectivity index (χ1) is 38.9. The van der Waals surface area contributed by atoms with Gasteiger partial charge >= 0.3 is 0 Å². The zero-order chi connectivity index (χ0) is 52.1. The second-order valence-corrected chi connectivity index (χ2v) is 21.9. The number of rotatable bonds is 6. The number of para-hydroxylation sites is 6.